The molecular weight excluding hydrogens is 312 g/mol. The van der Waals surface area contributed by atoms with Crippen LogP contribution >= 0.6 is 0 Å². The quantitative estimate of drug-likeness (QED) is 0.233. The van der Waals surface area contributed by atoms with Gasteiger partial charge < -0.3 is 21.3 Å². The van der Waals surface area contributed by atoms with Crippen molar-refractivity contribution in [2.45, 2.75) is 6.92 Å². The van der Waals surface area contributed by atoms with E-state index in [-0.39, 0.29) is 5.84 Å². The molecule has 0 bridgehead atoms. The number of aromatic nitrogens is 2. The summed E-state index contributed by atoms with van der Waals surface area (Å²) in [6.07, 6.45) is 2.02. The number of hydrogen-bond donors (Lipinski definition) is 3. The highest BCUT2D eigenvalue weighted by molar-refractivity contribution is 6.00. The highest BCUT2D eigenvalue weighted by Crippen LogP contribution is 2.27. The Balaban J connectivity index is 1.93. The van der Waals surface area contributed by atoms with Gasteiger partial charge in [0, 0.05) is 17.4 Å². The zero-order chi connectivity index (χ0) is 17.4. The molecule has 124 valence electrons. The van der Waals surface area contributed by atoms with E-state index in [0.29, 0.717) is 0 Å². The average Bonchev–Trinajstić information content (AvgIpc) is 3.13. The summed E-state index contributed by atoms with van der Waals surface area (Å²) in [6.45, 7) is 2.06. The Hall–Kier alpha value is -3.54. The third kappa shape index (κ3) is 2.53. The van der Waals surface area contributed by atoms with Crippen molar-refractivity contribution >= 4 is 33.9 Å². The van der Waals surface area contributed by atoms with Gasteiger partial charge in [-0.05, 0) is 48.9 Å². The minimum atomic E-state index is 0.282. The lowest BCUT2D eigenvalue weighted by Crippen LogP contribution is -2.15. The molecule has 0 unspecified atom stereocenters. The van der Waals surface area contributed by atoms with Crippen molar-refractivity contribution in [1.29, 1.82) is 0 Å². The van der Waals surface area contributed by atoms with Crippen molar-refractivity contribution in [1.82, 2.24) is 9.38 Å². The molecule has 5 N–H and O–H groups in total. The molecule has 2 aromatic carbocycles. The first-order valence-electron chi connectivity index (χ1n) is 7.94. The van der Waals surface area contributed by atoms with Gasteiger partial charge in [-0.25, -0.2) is 4.98 Å². The summed E-state index contributed by atoms with van der Waals surface area (Å²) in [7, 11) is 0. The highest BCUT2D eigenvalue weighted by atomic mass is 15.2. The van der Waals surface area contributed by atoms with Crippen LogP contribution in [0.2, 0.25) is 0 Å². The van der Waals surface area contributed by atoms with Crippen LogP contribution in [-0.4, -0.2) is 15.2 Å². The van der Waals surface area contributed by atoms with E-state index in [0.717, 1.165) is 39.2 Å². The average molecular weight is 330 g/mol. The van der Waals surface area contributed by atoms with Crippen molar-refractivity contribution < 1.29 is 0 Å². The largest absolute Gasteiger partial charge is 0.382 e. The van der Waals surface area contributed by atoms with E-state index >= 15 is 0 Å². The minimum Gasteiger partial charge on any atom is -0.382 e. The van der Waals surface area contributed by atoms with Crippen molar-refractivity contribution in [3.63, 3.8) is 0 Å². The fourth-order valence-corrected chi connectivity index (χ4v) is 2.94. The molecule has 4 aromatic rings. The highest BCUT2D eigenvalue weighted by Gasteiger charge is 2.10. The summed E-state index contributed by atoms with van der Waals surface area (Å²) in [5.74, 6) is 6.36. The molecule has 2 heterocycles. The van der Waals surface area contributed by atoms with Gasteiger partial charge in [-0.3, -0.25) is 0 Å². The maximum Gasteiger partial charge on any atom is 0.155 e. The van der Waals surface area contributed by atoms with Gasteiger partial charge in [-0.2, -0.15) is 5.10 Å². The van der Waals surface area contributed by atoms with Crippen LogP contribution in [-0.2, 0) is 0 Å². The second kappa shape index (κ2) is 5.83. The third-order valence-electron chi connectivity index (χ3n) is 4.29. The summed E-state index contributed by atoms with van der Waals surface area (Å²) in [6, 6.07) is 17.9. The molecule has 2 aromatic heterocycles. The van der Waals surface area contributed by atoms with Gasteiger partial charge in [0.1, 0.15) is 5.84 Å². The Morgan fingerprint density at radius 3 is 2.72 bits per heavy atom. The third-order valence-corrected chi connectivity index (χ3v) is 4.29. The van der Waals surface area contributed by atoms with Crippen molar-refractivity contribution in [2.75, 3.05) is 5.32 Å². The summed E-state index contributed by atoms with van der Waals surface area (Å²) in [4.78, 5) is 4.81. The van der Waals surface area contributed by atoms with Gasteiger partial charge in [0.2, 0.25) is 0 Å². The first kappa shape index (κ1) is 15.0. The fraction of sp³-hybridized carbons (Fsp3) is 0.0526. The summed E-state index contributed by atoms with van der Waals surface area (Å²) >= 11 is 0. The smallest absolute Gasteiger partial charge is 0.155 e. The number of fused-ring (bicyclic) bond motifs is 3. The van der Waals surface area contributed by atoms with Crippen LogP contribution < -0.4 is 16.9 Å². The second-order valence-corrected chi connectivity index (χ2v) is 5.88. The Kier molecular flexibility index (Phi) is 3.50. The van der Waals surface area contributed by atoms with Crippen molar-refractivity contribution in [2.24, 2.45) is 16.7 Å². The monoisotopic (exact) mass is 330 g/mol. The standard InChI is InChI=1S/C19H18N6/c1-12-5-2-3-6-14(12)22-19-17-7-4-10-25(17)16-9-8-13(18(20)24-21)11-15(16)23-19/h2-11H,21H2,1H3,(H2,20,24)(H,22,23). The molecule has 0 aliphatic carbocycles. The number of nitrogens with one attached hydrogen (secondary N) is 1. The van der Waals surface area contributed by atoms with E-state index in [4.69, 9.17) is 16.6 Å². The van der Waals surface area contributed by atoms with Gasteiger partial charge in [0.05, 0.1) is 16.6 Å². The molecule has 0 aliphatic heterocycles. The number of anilines is 2. The normalized spacial score (nSPS) is 12.0. The molecule has 0 saturated carbocycles. The van der Waals surface area contributed by atoms with E-state index < -0.39 is 0 Å². The number of rotatable bonds is 3. The number of nitrogens with two attached hydrogens (primary N) is 2. The van der Waals surface area contributed by atoms with Crippen LogP contribution in [0.15, 0.2) is 65.9 Å². The zero-order valence-corrected chi connectivity index (χ0v) is 13.8. The van der Waals surface area contributed by atoms with Crippen LogP contribution in [0, 0.1) is 6.92 Å². The Labute approximate surface area is 144 Å². The minimum absolute atomic E-state index is 0.282. The lowest BCUT2D eigenvalue weighted by atomic mass is 10.1. The molecule has 0 fully saturated rings. The lowest BCUT2D eigenvalue weighted by molar-refractivity contribution is 1.21. The number of hydrazone groups is 1. The maximum absolute atomic E-state index is 5.83. The number of aryl methyl sites for hydroxylation is 1. The topological polar surface area (TPSA) is 93.7 Å². The molecule has 0 saturated heterocycles. The molecule has 0 spiro atoms. The summed E-state index contributed by atoms with van der Waals surface area (Å²) < 4.78 is 2.10. The number of benzene rings is 2. The molecule has 0 atom stereocenters. The zero-order valence-electron chi connectivity index (χ0n) is 13.8. The lowest BCUT2D eigenvalue weighted by Gasteiger charge is -2.13. The van der Waals surface area contributed by atoms with Crippen LogP contribution in [0.4, 0.5) is 11.5 Å². The van der Waals surface area contributed by atoms with Crippen LogP contribution in [0.3, 0.4) is 0 Å². The van der Waals surface area contributed by atoms with E-state index in [1.807, 2.05) is 54.7 Å². The van der Waals surface area contributed by atoms with Crippen LogP contribution in [0.25, 0.3) is 16.6 Å². The maximum atomic E-state index is 5.83. The predicted molar refractivity (Wildman–Crippen MR) is 102 cm³/mol. The van der Waals surface area contributed by atoms with Gasteiger partial charge in [0.25, 0.3) is 0 Å². The van der Waals surface area contributed by atoms with Gasteiger partial charge in [-0.1, -0.05) is 18.2 Å². The molecule has 6 heteroatoms. The molecular formula is C19H18N6. The number of hydrogen-bond acceptors (Lipinski definition) is 4. The molecule has 4 rings (SSSR count). The van der Waals surface area contributed by atoms with Crippen LogP contribution in [0.5, 0.6) is 0 Å². The molecule has 0 radical (unpaired) electrons. The Morgan fingerprint density at radius 1 is 1.08 bits per heavy atom. The van der Waals surface area contributed by atoms with Gasteiger partial charge in [0.15, 0.2) is 5.82 Å². The summed E-state index contributed by atoms with van der Waals surface area (Å²) in [5.41, 5.74) is 11.6. The number of nitrogens with zero attached hydrogens (tertiary/aromatic N) is 3. The first-order valence-corrected chi connectivity index (χ1v) is 7.94. The molecule has 25 heavy (non-hydrogen) atoms. The van der Waals surface area contributed by atoms with Crippen molar-refractivity contribution in [3.05, 3.63) is 71.9 Å². The molecule has 6 nitrogen and oxygen atoms in total. The SMILES string of the molecule is Cc1ccccc1Nc1nc2cc(/C(N)=N/N)ccc2n2cccc12. The summed E-state index contributed by atoms with van der Waals surface area (Å²) in [5, 5.41) is 7.00. The second-order valence-electron chi connectivity index (χ2n) is 5.88. The van der Waals surface area contributed by atoms with E-state index in [9.17, 15) is 0 Å². The van der Waals surface area contributed by atoms with E-state index in [1.54, 1.807) is 0 Å². The van der Waals surface area contributed by atoms with Gasteiger partial charge >= 0.3 is 0 Å². The molecule has 0 aliphatic rings. The molecule has 0 amide bonds. The van der Waals surface area contributed by atoms with E-state index in [1.165, 1.54) is 0 Å². The van der Waals surface area contributed by atoms with Gasteiger partial charge in [-0.15, -0.1) is 0 Å². The fourth-order valence-electron chi connectivity index (χ4n) is 2.94. The predicted octanol–water partition coefficient (Wildman–Crippen LogP) is 3.12. The Bertz CT molecular complexity index is 1110. The first-order chi connectivity index (χ1) is 12.2. The van der Waals surface area contributed by atoms with Crippen LogP contribution in [0.1, 0.15) is 11.1 Å². The van der Waals surface area contributed by atoms with E-state index in [2.05, 4.69) is 27.8 Å². The Morgan fingerprint density at radius 2 is 1.92 bits per heavy atom. The number of amidine groups is 1. The number of para-hydroxylation sites is 1. The van der Waals surface area contributed by atoms with Crippen molar-refractivity contribution in [3.8, 4) is 0 Å².